The van der Waals surface area contributed by atoms with E-state index in [1.54, 1.807) is 42.6 Å². The second-order valence-electron chi connectivity index (χ2n) is 8.10. The average molecular weight is 435 g/mol. The molecular formula is C25H22FNO5. The third kappa shape index (κ3) is 4.19. The van der Waals surface area contributed by atoms with Crippen LogP contribution in [0.15, 0.2) is 54.9 Å². The van der Waals surface area contributed by atoms with Gasteiger partial charge in [-0.3, -0.25) is 9.78 Å². The van der Waals surface area contributed by atoms with Crippen LogP contribution in [-0.4, -0.2) is 27.1 Å². The molecule has 164 valence electrons. The van der Waals surface area contributed by atoms with Gasteiger partial charge in [-0.15, -0.1) is 0 Å². The number of nitrogens with zero attached hydrogens (tertiary/aromatic N) is 1. The Morgan fingerprint density at radius 3 is 2.41 bits per heavy atom. The number of pyridine rings is 1. The fraction of sp³-hybridized carbons (Fsp3) is 0.240. The Hall–Kier alpha value is -3.74. The van der Waals surface area contributed by atoms with Gasteiger partial charge in [0.1, 0.15) is 17.7 Å². The Bertz CT molecular complexity index is 1170. The average Bonchev–Trinajstić information content (AvgIpc) is 3.54. The molecule has 1 aliphatic carbocycles. The first-order valence-corrected chi connectivity index (χ1v) is 10.2. The number of aromatic nitrogens is 1. The smallest absolute Gasteiger partial charge is 0.335 e. The highest BCUT2D eigenvalue weighted by atomic mass is 19.1. The molecule has 0 saturated heterocycles. The molecule has 0 radical (unpaired) electrons. The molecule has 2 aromatic carbocycles. The summed E-state index contributed by atoms with van der Waals surface area (Å²) in [5.74, 6) is -2.97. The van der Waals surface area contributed by atoms with Crippen molar-refractivity contribution in [3.8, 4) is 16.9 Å². The van der Waals surface area contributed by atoms with Crippen molar-refractivity contribution >= 4 is 11.9 Å². The first-order valence-electron chi connectivity index (χ1n) is 10.2. The van der Waals surface area contributed by atoms with Crippen molar-refractivity contribution in [2.24, 2.45) is 11.8 Å². The lowest BCUT2D eigenvalue weighted by Gasteiger charge is -2.21. The minimum Gasteiger partial charge on any atom is -0.484 e. The van der Waals surface area contributed by atoms with E-state index in [0.717, 1.165) is 16.7 Å². The number of benzene rings is 2. The topological polar surface area (TPSA) is 96.7 Å². The molecule has 1 saturated carbocycles. The quantitative estimate of drug-likeness (QED) is 0.540. The summed E-state index contributed by atoms with van der Waals surface area (Å²) in [6.07, 6.45) is 2.70. The molecule has 0 aliphatic heterocycles. The summed E-state index contributed by atoms with van der Waals surface area (Å²) in [6, 6.07) is 11.2. The van der Waals surface area contributed by atoms with Gasteiger partial charge in [0.25, 0.3) is 0 Å². The monoisotopic (exact) mass is 435 g/mol. The highest BCUT2D eigenvalue weighted by molar-refractivity contribution is 5.90. The molecule has 1 aromatic heterocycles. The van der Waals surface area contributed by atoms with Crippen LogP contribution in [0.25, 0.3) is 11.1 Å². The van der Waals surface area contributed by atoms with Crippen LogP contribution in [0.1, 0.15) is 39.6 Å². The Morgan fingerprint density at radius 2 is 1.84 bits per heavy atom. The Kier molecular flexibility index (Phi) is 5.65. The summed E-state index contributed by atoms with van der Waals surface area (Å²) in [7, 11) is 0. The number of hydrogen-bond donors (Lipinski definition) is 2. The minimum atomic E-state index is -1.01. The van der Waals surface area contributed by atoms with E-state index in [2.05, 4.69) is 4.98 Å². The number of aryl methyl sites for hydroxylation is 2. The number of ether oxygens (including phenoxy) is 1. The molecule has 0 spiro atoms. The van der Waals surface area contributed by atoms with Crippen LogP contribution in [-0.2, 0) is 4.79 Å². The number of carbonyl (C=O) groups is 2. The molecule has 3 unspecified atom stereocenters. The molecule has 0 bridgehead atoms. The van der Waals surface area contributed by atoms with E-state index in [0.29, 0.717) is 17.7 Å². The molecular weight excluding hydrogens is 413 g/mol. The van der Waals surface area contributed by atoms with Crippen LogP contribution >= 0.6 is 0 Å². The van der Waals surface area contributed by atoms with Gasteiger partial charge in [0, 0.05) is 17.7 Å². The van der Waals surface area contributed by atoms with E-state index in [1.165, 1.54) is 12.3 Å². The largest absolute Gasteiger partial charge is 0.484 e. The number of carboxylic acid groups (broad SMARTS) is 2. The van der Waals surface area contributed by atoms with E-state index >= 15 is 4.39 Å². The van der Waals surface area contributed by atoms with Gasteiger partial charge in [-0.1, -0.05) is 6.07 Å². The van der Waals surface area contributed by atoms with Gasteiger partial charge in [0.05, 0.1) is 17.7 Å². The van der Waals surface area contributed by atoms with Gasteiger partial charge >= 0.3 is 11.9 Å². The normalized spacial score (nSPS) is 18.1. The number of halogens is 1. The number of aromatic carboxylic acids is 1. The second kappa shape index (κ2) is 8.42. The highest BCUT2D eigenvalue weighted by Crippen LogP contribution is 2.50. The van der Waals surface area contributed by atoms with Gasteiger partial charge in [0.2, 0.25) is 0 Å². The summed E-state index contributed by atoms with van der Waals surface area (Å²) in [4.78, 5) is 26.9. The van der Waals surface area contributed by atoms with Gasteiger partial charge in [0.15, 0.2) is 0 Å². The van der Waals surface area contributed by atoms with Crippen LogP contribution in [0.2, 0.25) is 0 Å². The number of carboxylic acids is 2. The lowest BCUT2D eigenvalue weighted by atomic mass is 9.91. The van der Waals surface area contributed by atoms with Crippen molar-refractivity contribution in [3.63, 3.8) is 0 Å². The van der Waals surface area contributed by atoms with Gasteiger partial charge < -0.3 is 14.9 Å². The molecule has 3 atom stereocenters. The summed E-state index contributed by atoms with van der Waals surface area (Å²) in [5.41, 5.74) is 3.47. The van der Waals surface area contributed by atoms with Crippen molar-refractivity contribution in [3.05, 3.63) is 82.9 Å². The zero-order chi connectivity index (χ0) is 23.0. The first kappa shape index (κ1) is 21.5. The molecule has 6 nitrogen and oxygen atoms in total. The van der Waals surface area contributed by atoms with Crippen LogP contribution in [0.3, 0.4) is 0 Å². The first-order chi connectivity index (χ1) is 15.3. The lowest BCUT2D eigenvalue weighted by Crippen LogP contribution is -2.15. The van der Waals surface area contributed by atoms with Gasteiger partial charge in [-0.25, -0.2) is 9.18 Å². The molecule has 1 fully saturated rings. The minimum absolute atomic E-state index is 0.186. The SMILES string of the molecule is Cc1cc(C(=O)O)cc(C)c1-c1ccc(F)c(C(Oc2cccnc2)C2CC2C(=O)O)c1. The summed E-state index contributed by atoms with van der Waals surface area (Å²) in [6.45, 7) is 3.62. The standard InChI is InChI=1S/C25H22FNO5/c1-13-8-16(24(28)29)9-14(2)22(13)15-5-6-21(26)20(10-15)23(18-11-19(18)25(30)31)32-17-4-3-7-27-12-17/h3-10,12,18-19,23H,11H2,1-2H3,(H,28,29)(H,30,31). The Labute approximate surface area is 184 Å². The molecule has 7 heteroatoms. The maximum absolute atomic E-state index is 15.0. The zero-order valence-electron chi connectivity index (χ0n) is 17.6. The van der Waals surface area contributed by atoms with Crippen molar-refractivity contribution < 1.29 is 28.9 Å². The predicted molar refractivity (Wildman–Crippen MR) is 115 cm³/mol. The molecule has 32 heavy (non-hydrogen) atoms. The predicted octanol–water partition coefficient (Wildman–Crippen LogP) is 5.04. The number of hydrogen-bond acceptors (Lipinski definition) is 4. The van der Waals surface area contributed by atoms with Crippen LogP contribution < -0.4 is 4.74 Å². The molecule has 1 heterocycles. The second-order valence-corrected chi connectivity index (χ2v) is 8.10. The summed E-state index contributed by atoms with van der Waals surface area (Å²) in [5, 5.41) is 18.7. The third-order valence-corrected chi connectivity index (χ3v) is 5.81. The maximum Gasteiger partial charge on any atom is 0.335 e. The van der Waals surface area contributed by atoms with Crippen LogP contribution in [0.5, 0.6) is 5.75 Å². The fourth-order valence-electron chi connectivity index (χ4n) is 4.24. The van der Waals surface area contributed by atoms with Crippen molar-refractivity contribution in [1.82, 2.24) is 4.98 Å². The van der Waals surface area contributed by atoms with Gasteiger partial charge in [-0.2, -0.15) is 0 Å². The zero-order valence-corrected chi connectivity index (χ0v) is 17.6. The molecule has 3 aromatic rings. The van der Waals surface area contributed by atoms with E-state index < -0.39 is 29.8 Å². The number of rotatable bonds is 7. The number of aliphatic carboxylic acids is 1. The molecule has 1 aliphatic rings. The van der Waals surface area contributed by atoms with E-state index in [1.807, 2.05) is 13.8 Å². The van der Waals surface area contributed by atoms with Crippen molar-refractivity contribution in [2.45, 2.75) is 26.4 Å². The van der Waals surface area contributed by atoms with Crippen LogP contribution in [0, 0.1) is 31.5 Å². The third-order valence-electron chi connectivity index (χ3n) is 5.81. The van der Waals surface area contributed by atoms with Gasteiger partial charge in [-0.05, 0) is 78.9 Å². The van der Waals surface area contributed by atoms with E-state index in [4.69, 9.17) is 4.74 Å². The molecule has 4 rings (SSSR count). The van der Waals surface area contributed by atoms with E-state index in [-0.39, 0.29) is 17.0 Å². The molecule has 0 amide bonds. The Balaban J connectivity index is 1.78. The van der Waals surface area contributed by atoms with Crippen LogP contribution in [0.4, 0.5) is 4.39 Å². The maximum atomic E-state index is 15.0. The summed E-state index contributed by atoms with van der Waals surface area (Å²) < 4.78 is 21.0. The Morgan fingerprint density at radius 1 is 1.12 bits per heavy atom. The summed E-state index contributed by atoms with van der Waals surface area (Å²) >= 11 is 0. The fourth-order valence-corrected chi connectivity index (χ4v) is 4.24. The van der Waals surface area contributed by atoms with Crippen molar-refractivity contribution in [1.29, 1.82) is 0 Å². The molecule has 2 N–H and O–H groups in total. The lowest BCUT2D eigenvalue weighted by molar-refractivity contribution is -0.139. The highest BCUT2D eigenvalue weighted by Gasteiger charge is 2.50. The van der Waals surface area contributed by atoms with Crippen molar-refractivity contribution in [2.75, 3.05) is 0 Å². The van der Waals surface area contributed by atoms with E-state index in [9.17, 15) is 19.8 Å².